The van der Waals surface area contributed by atoms with Gasteiger partial charge in [-0.2, -0.15) is 11.8 Å². The number of thioether (sulfide) groups is 1. The van der Waals surface area contributed by atoms with Crippen LogP contribution in [0.25, 0.3) is 0 Å². The highest BCUT2D eigenvalue weighted by atomic mass is 35.5. The van der Waals surface area contributed by atoms with Gasteiger partial charge in [-0.1, -0.05) is 19.8 Å². The highest BCUT2D eigenvalue weighted by molar-refractivity contribution is 7.99. The van der Waals surface area contributed by atoms with Crippen LogP contribution in [0.15, 0.2) is 0 Å². The number of alkyl halides is 1. The van der Waals surface area contributed by atoms with Crippen LogP contribution in [0.1, 0.15) is 32.6 Å². The summed E-state index contributed by atoms with van der Waals surface area (Å²) in [7, 11) is 0. The molecule has 3 atom stereocenters. The molecule has 1 aliphatic rings. The van der Waals surface area contributed by atoms with Gasteiger partial charge in [0, 0.05) is 16.9 Å². The van der Waals surface area contributed by atoms with Crippen LogP contribution in [-0.4, -0.2) is 28.1 Å². The molecular formula is C10H19ClOS. The highest BCUT2D eigenvalue weighted by Crippen LogP contribution is 2.32. The fraction of sp³-hybridized carbons (Fsp3) is 1.00. The van der Waals surface area contributed by atoms with Gasteiger partial charge < -0.3 is 5.11 Å². The molecule has 3 unspecified atom stereocenters. The Labute approximate surface area is 90.2 Å². The van der Waals surface area contributed by atoms with Gasteiger partial charge in [0.05, 0.1) is 6.10 Å². The van der Waals surface area contributed by atoms with Crippen LogP contribution in [0.4, 0.5) is 0 Å². The first kappa shape index (κ1) is 11.7. The van der Waals surface area contributed by atoms with Crippen molar-refractivity contribution in [2.24, 2.45) is 5.92 Å². The van der Waals surface area contributed by atoms with Gasteiger partial charge in [0.1, 0.15) is 0 Å². The number of hydrogen-bond donors (Lipinski definition) is 1. The van der Waals surface area contributed by atoms with E-state index in [1.54, 1.807) is 0 Å². The number of halogens is 1. The zero-order valence-corrected chi connectivity index (χ0v) is 9.78. The monoisotopic (exact) mass is 222 g/mol. The fourth-order valence-electron chi connectivity index (χ4n) is 1.82. The molecule has 13 heavy (non-hydrogen) atoms. The van der Waals surface area contributed by atoms with Gasteiger partial charge in [0.15, 0.2) is 0 Å². The lowest BCUT2D eigenvalue weighted by atomic mass is 9.91. The Balaban J connectivity index is 2.13. The third kappa shape index (κ3) is 4.57. The Kier molecular flexibility index (Phi) is 5.52. The lowest BCUT2D eigenvalue weighted by Crippen LogP contribution is -2.19. The molecule has 0 bridgehead atoms. The summed E-state index contributed by atoms with van der Waals surface area (Å²) >= 11 is 7.43. The molecule has 1 rings (SSSR count). The van der Waals surface area contributed by atoms with Gasteiger partial charge in [0.25, 0.3) is 0 Å². The summed E-state index contributed by atoms with van der Waals surface area (Å²) in [6.07, 6.45) is 5.07. The standard InChI is InChI=1S/C10H19ClOS/c1-8-3-2-4-10(5-8)13-7-9(12)6-11/h8-10,12H,2-7H2,1H3. The van der Waals surface area contributed by atoms with E-state index in [0.717, 1.165) is 16.9 Å². The minimum absolute atomic E-state index is 0.316. The second-order valence-corrected chi connectivity index (χ2v) is 5.68. The zero-order chi connectivity index (χ0) is 9.68. The third-order valence-electron chi connectivity index (χ3n) is 2.59. The molecule has 1 nitrogen and oxygen atoms in total. The van der Waals surface area contributed by atoms with Crippen LogP contribution in [0.2, 0.25) is 0 Å². The Morgan fingerprint density at radius 2 is 2.31 bits per heavy atom. The van der Waals surface area contributed by atoms with E-state index in [1.807, 2.05) is 11.8 Å². The zero-order valence-electron chi connectivity index (χ0n) is 8.21. The summed E-state index contributed by atoms with van der Waals surface area (Å²) in [6, 6.07) is 0. The van der Waals surface area contributed by atoms with Crippen molar-refractivity contribution in [3.05, 3.63) is 0 Å². The smallest absolute Gasteiger partial charge is 0.0765 e. The van der Waals surface area contributed by atoms with Crippen LogP contribution in [-0.2, 0) is 0 Å². The Morgan fingerprint density at radius 1 is 1.54 bits per heavy atom. The van der Waals surface area contributed by atoms with Gasteiger partial charge >= 0.3 is 0 Å². The van der Waals surface area contributed by atoms with Crippen LogP contribution in [0.5, 0.6) is 0 Å². The normalized spacial score (nSPS) is 31.6. The highest BCUT2D eigenvalue weighted by Gasteiger charge is 2.19. The molecule has 0 radical (unpaired) electrons. The van der Waals surface area contributed by atoms with Crippen molar-refractivity contribution in [1.82, 2.24) is 0 Å². The first-order chi connectivity index (χ1) is 6.22. The molecule has 1 saturated carbocycles. The number of rotatable bonds is 4. The molecule has 1 N–H and O–H groups in total. The summed E-state index contributed by atoms with van der Waals surface area (Å²) in [4.78, 5) is 0. The molecule has 0 heterocycles. The molecule has 0 aliphatic heterocycles. The largest absolute Gasteiger partial charge is 0.391 e. The summed E-state index contributed by atoms with van der Waals surface area (Å²) < 4.78 is 0. The van der Waals surface area contributed by atoms with Crippen molar-refractivity contribution in [2.75, 3.05) is 11.6 Å². The van der Waals surface area contributed by atoms with Crippen molar-refractivity contribution in [3.63, 3.8) is 0 Å². The van der Waals surface area contributed by atoms with E-state index in [4.69, 9.17) is 11.6 Å². The molecule has 3 heteroatoms. The van der Waals surface area contributed by atoms with E-state index in [1.165, 1.54) is 25.7 Å². The molecule has 0 spiro atoms. The van der Waals surface area contributed by atoms with E-state index in [9.17, 15) is 5.11 Å². The number of aliphatic hydroxyl groups excluding tert-OH is 1. The average Bonchev–Trinajstić information content (AvgIpc) is 2.14. The molecule has 78 valence electrons. The predicted molar refractivity (Wildman–Crippen MR) is 60.6 cm³/mol. The Bertz CT molecular complexity index is 143. The molecule has 0 aromatic heterocycles. The van der Waals surface area contributed by atoms with Crippen molar-refractivity contribution >= 4 is 23.4 Å². The van der Waals surface area contributed by atoms with E-state index in [0.29, 0.717) is 5.88 Å². The SMILES string of the molecule is CC1CCCC(SCC(O)CCl)C1. The summed E-state index contributed by atoms with van der Waals surface area (Å²) in [5.41, 5.74) is 0. The second kappa shape index (κ2) is 6.15. The maximum atomic E-state index is 9.30. The predicted octanol–water partition coefficient (Wildman–Crippen LogP) is 2.90. The Morgan fingerprint density at radius 3 is 2.92 bits per heavy atom. The molecule has 1 aliphatic carbocycles. The van der Waals surface area contributed by atoms with Gasteiger partial charge in [-0.25, -0.2) is 0 Å². The molecular weight excluding hydrogens is 204 g/mol. The van der Waals surface area contributed by atoms with Gasteiger partial charge in [-0.3, -0.25) is 0 Å². The minimum Gasteiger partial charge on any atom is -0.391 e. The topological polar surface area (TPSA) is 20.2 Å². The molecule has 0 amide bonds. The molecule has 1 fully saturated rings. The summed E-state index contributed by atoms with van der Waals surface area (Å²) in [5.74, 6) is 2.05. The molecule has 0 aromatic rings. The van der Waals surface area contributed by atoms with Crippen molar-refractivity contribution in [1.29, 1.82) is 0 Å². The minimum atomic E-state index is -0.316. The maximum absolute atomic E-state index is 9.30. The fourth-order valence-corrected chi connectivity index (χ4v) is 3.47. The first-order valence-corrected chi connectivity index (χ1v) is 6.66. The average molecular weight is 223 g/mol. The van der Waals surface area contributed by atoms with Crippen LogP contribution < -0.4 is 0 Å². The van der Waals surface area contributed by atoms with Crippen molar-refractivity contribution in [3.8, 4) is 0 Å². The lowest BCUT2D eigenvalue weighted by Gasteiger charge is -2.26. The van der Waals surface area contributed by atoms with Crippen LogP contribution in [0.3, 0.4) is 0 Å². The van der Waals surface area contributed by atoms with E-state index < -0.39 is 0 Å². The van der Waals surface area contributed by atoms with Gasteiger partial charge in [0.2, 0.25) is 0 Å². The van der Waals surface area contributed by atoms with Crippen LogP contribution >= 0.6 is 23.4 Å². The van der Waals surface area contributed by atoms with Gasteiger partial charge in [-0.15, -0.1) is 11.6 Å². The maximum Gasteiger partial charge on any atom is 0.0765 e. The van der Waals surface area contributed by atoms with E-state index in [2.05, 4.69) is 6.92 Å². The summed E-state index contributed by atoms with van der Waals surface area (Å²) in [5, 5.41) is 10.1. The summed E-state index contributed by atoms with van der Waals surface area (Å²) in [6.45, 7) is 2.32. The van der Waals surface area contributed by atoms with Gasteiger partial charge in [-0.05, 0) is 18.8 Å². The second-order valence-electron chi connectivity index (χ2n) is 4.04. The number of hydrogen-bond acceptors (Lipinski definition) is 2. The van der Waals surface area contributed by atoms with E-state index in [-0.39, 0.29) is 6.10 Å². The molecule has 0 saturated heterocycles. The van der Waals surface area contributed by atoms with Crippen molar-refractivity contribution in [2.45, 2.75) is 44.0 Å². The van der Waals surface area contributed by atoms with Crippen molar-refractivity contribution < 1.29 is 5.11 Å². The molecule has 0 aromatic carbocycles. The van der Waals surface area contributed by atoms with Crippen LogP contribution in [0, 0.1) is 5.92 Å². The lowest BCUT2D eigenvalue weighted by molar-refractivity contribution is 0.223. The first-order valence-electron chi connectivity index (χ1n) is 5.08. The van der Waals surface area contributed by atoms with E-state index >= 15 is 0 Å². The third-order valence-corrected chi connectivity index (χ3v) is 4.42. The quantitative estimate of drug-likeness (QED) is 0.739. The Hall–Kier alpha value is 0.600. The number of aliphatic hydroxyl groups is 1.